The predicted octanol–water partition coefficient (Wildman–Crippen LogP) is 1.55. The van der Waals surface area contributed by atoms with Crippen LogP contribution >= 0.6 is 0 Å². The van der Waals surface area contributed by atoms with Crippen molar-refractivity contribution in [1.82, 2.24) is 15.1 Å². The number of ether oxygens (including phenoxy) is 2. The molecule has 0 aliphatic carbocycles. The van der Waals surface area contributed by atoms with Gasteiger partial charge in [0.05, 0.1) is 43.2 Å². The van der Waals surface area contributed by atoms with E-state index in [9.17, 15) is 27.6 Å². The van der Waals surface area contributed by atoms with E-state index in [-0.39, 0.29) is 43.4 Å². The number of likely N-dealkylation sites (tertiary alicyclic amines) is 1. The molecule has 12 heteroatoms. The highest BCUT2D eigenvalue weighted by Gasteiger charge is 2.35. The Kier molecular flexibility index (Phi) is 10.5. The molecule has 2 heterocycles. The Hall–Kier alpha value is -2.99. The molecule has 1 aromatic rings. The van der Waals surface area contributed by atoms with Gasteiger partial charge in [0.15, 0.2) is 15.6 Å². The fourth-order valence-electron chi connectivity index (χ4n) is 4.52. The number of hydrogen-bond acceptors (Lipinski definition) is 8. The fraction of sp³-hybridized carbons (Fsp3) is 0.630. The molecule has 39 heavy (non-hydrogen) atoms. The van der Waals surface area contributed by atoms with Crippen molar-refractivity contribution >= 4 is 33.5 Å². The van der Waals surface area contributed by atoms with Crippen molar-refractivity contribution in [3.8, 4) is 0 Å². The molecule has 216 valence electrons. The number of sulfone groups is 1. The molecule has 1 aromatic carbocycles. The van der Waals surface area contributed by atoms with Crippen LogP contribution in [-0.4, -0.2) is 98.7 Å². The minimum absolute atomic E-state index is 0.233. The molecule has 3 rings (SSSR count). The molecule has 2 fully saturated rings. The normalized spacial score (nSPS) is 19.7. The second-order valence-corrected chi connectivity index (χ2v) is 13.1. The third-order valence-electron chi connectivity index (χ3n) is 6.46. The van der Waals surface area contributed by atoms with Gasteiger partial charge in [0.1, 0.15) is 5.60 Å². The predicted molar refractivity (Wildman–Crippen MR) is 143 cm³/mol. The second-order valence-electron chi connectivity index (χ2n) is 11.0. The van der Waals surface area contributed by atoms with Crippen molar-refractivity contribution in [1.29, 1.82) is 0 Å². The summed E-state index contributed by atoms with van der Waals surface area (Å²) in [6, 6.07) is 7.71. The van der Waals surface area contributed by atoms with E-state index in [1.807, 2.05) is 0 Å². The molecule has 2 atom stereocenters. The van der Waals surface area contributed by atoms with E-state index in [4.69, 9.17) is 9.47 Å². The highest BCUT2D eigenvalue weighted by atomic mass is 32.2. The summed E-state index contributed by atoms with van der Waals surface area (Å²) in [5.41, 5.74) is -0.136. The number of Topliss-reactive ketones (excluding diaryl/α,β-unsaturated/α-hetero) is 1. The maximum atomic E-state index is 13.4. The van der Waals surface area contributed by atoms with Gasteiger partial charge in [-0.15, -0.1) is 0 Å². The van der Waals surface area contributed by atoms with Crippen molar-refractivity contribution in [2.75, 3.05) is 45.1 Å². The first-order chi connectivity index (χ1) is 18.3. The molecular formula is C27H39N3O8S. The smallest absolute Gasteiger partial charge is 0.410 e. The molecule has 2 unspecified atom stereocenters. The van der Waals surface area contributed by atoms with Crippen LogP contribution in [0.15, 0.2) is 30.3 Å². The molecular weight excluding hydrogens is 526 g/mol. The Bertz CT molecular complexity index is 1130. The summed E-state index contributed by atoms with van der Waals surface area (Å²) >= 11 is 0. The van der Waals surface area contributed by atoms with Crippen LogP contribution in [0.1, 0.15) is 45.6 Å². The number of hydrogen-bond donors (Lipinski definition) is 1. The van der Waals surface area contributed by atoms with Gasteiger partial charge in [-0.25, -0.2) is 13.2 Å². The SMILES string of the molecule is CC(C)(C)OC(=O)N1CCCC(NC(=O)C(CC(=O)N2CCOCC2)CS(=O)(=O)Cc2ccccc2)C(=O)C1. The van der Waals surface area contributed by atoms with E-state index in [0.29, 0.717) is 38.3 Å². The minimum atomic E-state index is -3.76. The molecule has 0 spiro atoms. The van der Waals surface area contributed by atoms with Crippen LogP contribution in [0.4, 0.5) is 4.79 Å². The lowest BCUT2D eigenvalue weighted by Gasteiger charge is -2.28. The number of morpholine rings is 1. The van der Waals surface area contributed by atoms with Crippen LogP contribution in [0.5, 0.6) is 0 Å². The van der Waals surface area contributed by atoms with E-state index in [2.05, 4.69) is 5.32 Å². The number of nitrogens with one attached hydrogen (secondary N) is 1. The van der Waals surface area contributed by atoms with Crippen LogP contribution < -0.4 is 5.32 Å². The summed E-state index contributed by atoms with van der Waals surface area (Å²) in [7, 11) is -3.76. The molecule has 0 radical (unpaired) electrons. The number of benzene rings is 1. The summed E-state index contributed by atoms with van der Waals surface area (Å²) in [4.78, 5) is 54.7. The van der Waals surface area contributed by atoms with Crippen molar-refractivity contribution < 1.29 is 37.1 Å². The van der Waals surface area contributed by atoms with Crippen molar-refractivity contribution in [3.63, 3.8) is 0 Å². The van der Waals surface area contributed by atoms with Crippen LogP contribution in [0, 0.1) is 5.92 Å². The third kappa shape index (κ3) is 9.92. The quantitative estimate of drug-likeness (QED) is 0.501. The van der Waals surface area contributed by atoms with Gasteiger partial charge in [-0.2, -0.15) is 0 Å². The summed E-state index contributed by atoms with van der Waals surface area (Å²) in [6.07, 6.45) is -0.182. The van der Waals surface area contributed by atoms with E-state index >= 15 is 0 Å². The first kappa shape index (κ1) is 30.6. The van der Waals surface area contributed by atoms with E-state index in [1.54, 1.807) is 56.0 Å². The standard InChI is InChI=1S/C27H39N3O8S/c1-27(2,3)38-26(34)30-11-7-10-22(23(31)17-30)28-25(33)21(16-24(32)29-12-14-37-15-13-29)19-39(35,36)18-20-8-5-4-6-9-20/h4-6,8-9,21-22H,7,10-19H2,1-3H3,(H,28,33). The lowest BCUT2D eigenvalue weighted by Crippen LogP contribution is -2.49. The van der Waals surface area contributed by atoms with Gasteiger partial charge in [0.25, 0.3) is 0 Å². The second kappa shape index (κ2) is 13.4. The zero-order valence-electron chi connectivity index (χ0n) is 22.9. The average molecular weight is 566 g/mol. The third-order valence-corrected chi connectivity index (χ3v) is 8.15. The molecule has 1 N–H and O–H groups in total. The largest absolute Gasteiger partial charge is 0.444 e. The van der Waals surface area contributed by atoms with E-state index in [0.717, 1.165) is 0 Å². The molecule has 2 aliphatic rings. The number of amides is 3. The van der Waals surface area contributed by atoms with Crippen LogP contribution in [0.25, 0.3) is 0 Å². The van der Waals surface area contributed by atoms with Gasteiger partial charge in [0.2, 0.25) is 11.8 Å². The first-order valence-corrected chi connectivity index (χ1v) is 15.1. The zero-order valence-corrected chi connectivity index (χ0v) is 23.7. The zero-order chi connectivity index (χ0) is 28.6. The molecule has 2 aliphatic heterocycles. The maximum Gasteiger partial charge on any atom is 0.410 e. The van der Waals surface area contributed by atoms with Gasteiger partial charge in [0, 0.05) is 26.1 Å². The van der Waals surface area contributed by atoms with Crippen molar-refractivity contribution in [2.24, 2.45) is 5.92 Å². The maximum absolute atomic E-state index is 13.4. The van der Waals surface area contributed by atoms with Crippen molar-refractivity contribution in [2.45, 2.75) is 57.4 Å². The molecule has 3 amide bonds. The average Bonchev–Trinajstić information content (AvgIpc) is 3.04. The van der Waals surface area contributed by atoms with Gasteiger partial charge in [-0.1, -0.05) is 30.3 Å². The number of nitrogens with zero attached hydrogens (tertiary/aromatic N) is 2. The van der Waals surface area contributed by atoms with Crippen molar-refractivity contribution in [3.05, 3.63) is 35.9 Å². The van der Waals surface area contributed by atoms with Crippen LogP contribution in [-0.2, 0) is 39.4 Å². The number of carbonyl (C=O) groups is 4. The number of carbonyl (C=O) groups excluding carboxylic acids is 4. The first-order valence-electron chi connectivity index (χ1n) is 13.2. The number of ketones is 1. The van der Waals surface area contributed by atoms with Gasteiger partial charge < -0.3 is 24.6 Å². The molecule has 0 aromatic heterocycles. The molecule has 11 nitrogen and oxygen atoms in total. The molecule has 0 bridgehead atoms. The highest BCUT2D eigenvalue weighted by Crippen LogP contribution is 2.18. The van der Waals surface area contributed by atoms with Gasteiger partial charge in [-0.05, 0) is 39.2 Å². The summed E-state index contributed by atoms with van der Waals surface area (Å²) in [6.45, 7) is 6.74. The minimum Gasteiger partial charge on any atom is -0.444 e. The van der Waals surface area contributed by atoms with E-state index < -0.39 is 45.2 Å². The monoisotopic (exact) mass is 565 g/mol. The topological polar surface area (TPSA) is 139 Å². The van der Waals surface area contributed by atoms with Gasteiger partial charge >= 0.3 is 6.09 Å². The lowest BCUT2D eigenvalue weighted by molar-refractivity contribution is -0.139. The Morgan fingerprint density at radius 2 is 1.74 bits per heavy atom. The summed E-state index contributed by atoms with van der Waals surface area (Å²) < 4.78 is 36.8. The Labute approximate surface area is 230 Å². The Morgan fingerprint density at radius 1 is 1.08 bits per heavy atom. The molecule has 2 saturated heterocycles. The van der Waals surface area contributed by atoms with Crippen LogP contribution in [0.3, 0.4) is 0 Å². The summed E-state index contributed by atoms with van der Waals surface area (Å²) in [5, 5.41) is 2.68. The Balaban J connectivity index is 1.71. The summed E-state index contributed by atoms with van der Waals surface area (Å²) in [5.74, 6) is -3.36. The van der Waals surface area contributed by atoms with Crippen LogP contribution in [0.2, 0.25) is 0 Å². The Morgan fingerprint density at radius 3 is 2.38 bits per heavy atom. The fourth-order valence-corrected chi connectivity index (χ4v) is 6.22. The van der Waals surface area contributed by atoms with Gasteiger partial charge in [-0.3, -0.25) is 14.4 Å². The van der Waals surface area contributed by atoms with E-state index in [1.165, 1.54) is 4.90 Å². The lowest BCUT2D eigenvalue weighted by atomic mass is 10.0. The molecule has 0 saturated carbocycles. The number of rotatable bonds is 8. The highest BCUT2D eigenvalue weighted by molar-refractivity contribution is 7.90.